The van der Waals surface area contributed by atoms with Crippen molar-refractivity contribution in [3.05, 3.63) is 16.8 Å². The van der Waals surface area contributed by atoms with Crippen molar-refractivity contribution in [2.75, 3.05) is 12.3 Å². The summed E-state index contributed by atoms with van der Waals surface area (Å²) in [5.41, 5.74) is 9.83. The molecule has 3 N–H and O–H groups in total. The third-order valence-electron chi connectivity index (χ3n) is 2.93. The Labute approximate surface area is 86.6 Å². The maximum Gasteiger partial charge on any atom is 0.260 e. The molecule has 5 heteroatoms. The molecule has 78 valence electrons. The van der Waals surface area contributed by atoms with Crippen LogP contribution in [0.4, 0.5) is 5.82 Å². The fourth-order valence-corrected chi connectivity index (χ4v) is 2.18. The van der Waals surface area contributed by atoms with Crippen LogP contribution in [-0.2, 0) is 13.0 Å². The number of hydrogen-bond donors (Lipinski definition) is 2. The second kappa shape index (κ2) is 2.93. The number of nitrogens with one attached hydrogen (secondary N) is 1. The van der Waals surface area contributed by atoms with Gasteiger partial charge in [-0.2, -0.15) is 0 Å². The van der Waals surface area contributed by atoms with Gasteiger partial charge in [0.1, 0.15) is 0 Å². The van der Waals surface area contributed by atoms with Gasteiger partial charge < -0.3 is 15.6 Å². The third-order valence-corrected chi connectivity index (χ3v) is 2.93. The Hall–Kier alpha value is -1.62. The molecule has 2 aromatic heterocycles. The average molecular weight is 204 g/mol. The maximum atomic E-state index is 5.79. The van der Waals surface area contributed by atoms with Crippen LogP contribution >= 0.6 is 0 Å². The lowest BCUT2D eigenvalue weighted by Gasteiger charge is -2.18. The summed E-state index contributed by atoms with van der Waals surface area (Å²) >= 11 is 0. The van der Waals surface area contributed by atoms with Gasteiger partial charge in [-0.3, -0.25) is 0 Å². The van der Waals surface area contributed by atoms with Crippen LogP contribution in [0.3, 0.4) is 0 Å². The first kappa shape index (κ1) is 8.67. The molecule has 5 nitrogen and oxygen atoms in total. The van der Waals surface area contributed by atoms with Crippen LogP contribution in [0.1, 0.15) is 16.8 Å². The highest BCUT2D eigenvalue weighted by Crippen LogP contribution is 2.29. The molecule has 0 atom stereocenters. The summed E-state index contributed by atoms with van der Waals surface area (Å²) in [6, 6.07) is 0. The third kappa shape index (κ3) is 1.13. The van der Waals surface area contributed by atoms with Gasteiger partial charge in [-0.05, 0) is 31.0 Å². The first-order valence-electron chi connectivity index (χ1n) is 5.01. The van der Waals surface area contributed by atoms with Crippen molar-refractivity contribution in [1.29, 1.82) is 0 Å². The summed E-state index contributed by atoms with van der Waals surface area (Å²) in [4.78, 5) is 4.36. The molecule has 15 heavy (non-hydrogen) atoms. The topological polar surface area (TPSA) is 77.0 Å². The SMILES string of the molecule is Cc1nc2onc(N)c2c2c1CNCC2. The summed E-state index contributed by atoms with van der Waals surface area (Å²) in [5, 5.41) is 7.99. The van der Waals surface area contributed by atoms with Crippen LogP contribution in [-0.4, -0.2) is 16.7 Å². The monoisotopic (exact) mass is 204 g/mol. The number of aryl methyl sites for hydroxylation is 1. The number of nitrogen functional groups attached to an aromatic ring is 1. The number of fused-ring (bicyclic) bond motifs is 3. The van der Waals surface area contributed by atoms with Crippen molar-refractivity contribution < 1.29 is 4.52 Å². The normalized spacial score (nSPS) is 15.5. The minimum Gasteiger partial charge on any atom is -0.380 e. The first-order chi connectivity index (χ1) is 7.27. The molecule has 0 bridgehead atoms. The second-order valence-electron chi connectivity index (χ2n) is 3.83. The van der Waals surface area contributed by atoms with Crippen molar-refractivity contribution in [3.8, 4) is 0 Å². The van der Waals surface area contributed by atoms with Gasteiger partial charge in [0.2, 0.25) is 0 Å². The molecule has 3 rings (SSSR count). The van der Waals surface area contributed by atoms with E-state index in [1.807, 2.05) is 6.92 Å². The van der Waals surface area contributed by atoms with E-state index < -0.39 is 0 Å². The van der Waals surface area contributed by atoms with E-state index in [4.69, 9.17) is 10.3 Å². The quantitative estimate of drug-likeness (QED) is 0.662. The number of anilines is 1. The van der Waals surface area contributed by atoms with E-state index in [0.29, 0.717) is 11.5 Å². The molecule has 0 amide bonds. The zero-order chi connectivity index (χ0) is 10.4. The van der Waals surface area contributed by atoms with Gasteiger partial charge in [0.15, 0.2) is 5.82 Å². The molecule has 0 saturated carbocycles. The smallest absolute Gasteiger partial charge is 0.260 e. The predicted octanol–water partition coefficient (Wildman–Crippen LogP) is 0.759. The number of nitrogens with two attached hydrogens (primary N) is 1. The molecular weight excluding hydrogens is 192 g/mol. The van der Waals surface area contributed by atoms with E-state index in [0.717, 1.165) is 30.6 Å². The highest BCUT2D eigenvalue weighted by molar-refractivity contribution is 5.89. The predicted molar refractivity (Wildman–Crippen MR) is 56.4 cm³/mol. The molecule has 0 aliphatic carbocycles. The van der Waals surface area contributed by atoms with Crippen LogP contribution < -0.4 is 11.1 Å². The van der Waals surface area contributed by atoms with Crippen molar-refractivity contribution >= 4 is 16.9 Å². The Morgan fingerprint density at radius 2 is 2.27 bits per heavy atom. The lowest BCUT2D eigenvalue weighted by molar-refractivity contribution is 0.451. The Morgan fingerprint density at radius 3 is 3.13 bits per heavy atom. The van der Waals surface area contributed by atoms with E-state index >= 15 is 0 Å². The maximum absolute atomic E-state index is 5.79. The molecule has 1 aliphatic heterocycles. The number of rotatable bonds is 0. The van der Waals surface area contributed by atoms with E-state index in [9.17, 15) is 0 Å². The van der Waals surface area contributed by atoms with E-state index in [1.54, 1.807) is 0 Å². The Kier molecular flexibility index (Phi) is 1.70. The van der Waals surface area contributed by atoms with Gasteiger partial charge in [-0.15, -0.1) is 0 Å². The fraction of sp³-hybridized carbons (Fsp3) is 0.400. The van der Waals surface area contributed by atoms with Gasteiger partial charge in [-0.1, -0.05) is 5.16 Å². The number of aromatic nitrogens is 2. The van der Waals surface area contributed by atoms with E-state index in [-0.39, 0.29) is 0 Å². The number of hydrogen-bond acceptors (Lipinski definition) is 5. The van der Waals surface area contributed by atoms with Crippen LogP contribution in [0.25, 0.3) is 11.1 Å². The minimum atomic E-state index is 0.454. The summed E-state index contributed by atoms with van der Waals surface area (Å²) in [6.45, 7) is 3.81. The highest BCUT2D eigenvalue weighted by Gasteiger charge is 2.20. The second-order valence-corrected chi connectivity index (χ2v) is 3.83. The summed E-state index contributed by atoms with van der Waals surface area (Å²) in [7, 11) is 0. The fourth-order valence-electron chi connectivity index (χ4n) is 2.18. The molecule has 0 fully saturated rings. The molecule has 2 aromatic rings. The van der Waals surface area contributed by atoms with Crippen LogP contribution in [0, 0.1) is 6.92 Å². The van der Waals surface area contributed by atoms with Crippen molar-refractivity contribution in [2.45, 2.75) is 19.9 Å². The molecule has 0 spiro atoms. The van der Waals surface area contributed by atoms with E-state index in [1.165, 1.54) is 11.1 Å². The average Bonchev–Trinajstić information content (AvgIpc) is 2.61. The molecule has 0 saturated heterocycles. The molecule has 0 unspecified atom stereocenters. The summed E-state index contributed by atoms with van der Waals surface area (Å²) in [6.07, 6.45) is 0.959. The molecule has 0 aromatic carbocycles. The Morgan fingerprint density at radius 1 is 1.40 bits per heavy atom. The van der Waals surface area contributed by atoms with E-state index in [2.05, 4.69) is 15.5 Å². The van der Waals surface area contributed by atoms with Crippen molar-refractivity contribution in [2.24, 2.45) is 0 Å². The summed E-state index contributed by atoms with van der Waals surface area (Å²) in [5.74, 6) is 0.454. The number of pyridine rings is 1. The molecular formula is C10H12N4O. The van der Waals surface area contributed by atoms with Crippen LogP contribution in [0.5, 0.6) is 0 Å². The first-order valence-corrected chi connectivity index (χ1v) is 5.01. The van der Waals surface area contributed by atoms with Gasteiger partial charge in [0, 0.05) is 12.2 Å². The standard InChI is InChI=1S/C10H12N4O/c1-5-7-4-12-3-2-6(7)8-9(11)14-15-10(8)13-5/h12H,2-4H2,1H3,(H2,11,14). The van der Waals surface area contributed by atoms with Crippen molar-refractivity contribution in [3.63, 3.8) is 0 Å². The van der Waals surface area contributed by atoms with Crippen molar-refractivity contribution in [1.82, 2.24) is 15.5 Å². The van der Waals surface area contributed by atoms with Gasteiger partial charge in [0.25, 0.3) is 5.71 Å². The van der Waals surface area contributed by atoms with Crippen LogP contribution in [0.15, 0.2) is 4.52 Å². The highest BCUT2D eigenvalue weighted by atomic mass is 16.5. The van der Waals surface area contributed by atoms with Gasteiger partial charge in [-0.25, -0.2) is 4.98 Å². The zero-order valence-electron chi connectivity index (χ0n) is 8.50. The molecule has 0 radical (unpaired) electrons. The molecule has 1 aliphatic rings. The van der Waals surface area contributed by atoms with Gasteiger partial charge >= 0.3 is 0 Å². The number of nitrogens with zero attached hydrogens (tertiary/aromatic N) is 2. The summed E-state index contributed by atoms with van der Waals surface area (Å²) < 4.78 is 5.09. The lowest BCUT2D eigenvalue weighted by Crippen LogP contribution is -2.25. The zero-order valence-corrected chi connectivity index (χ0v) is 8.50. The lowest BCUT2D eigenvalue weighted by atomic mass is 9.97. The largest absolute Gasteiger partial charge is 0.380 e. The minimum absolute atomic E-state index is 0.454. The molecule has 3 heterocycles. The van der Waals surface area contributed by atoms with Crippen LogP contribution in [0.2, 0.25) is 0 Å². The Balaban J connectivity index is 2.42. The van der Waals surface area contributed by atoms with Gasteiger partial charge in [0.05, 0.1) is 5.39 Å². The Bertz CT molecular complexity index is 532.